The summed E-state index contributed by atoms with van der Waals surface area (Å²) in [5, 5.41) is 10.2. The van der Waals surface area contributed by atoms with Gasteiger partial charge in [-0.2, -0.15) is 4.98 Å². The van der Waals surface area contributed by atoms with E-state index in [1.165, 1.54) is 24.3 Å². The average Bonchev–Trinajstić information content (AvgIpc) is 2.77. The van der Waals surface area contributed by atoms with Crippen LogP contribution in [0.4, 0.5) is 4.39 Å². The van der Waals surface area contributed by atoms with Gasteiger partial charge in [0, 0.05) is 23.4 Å². The molecule has 0 saturated carbocycles. The van der Waals surface area contributed by atoms with Crippen LogP contribution in [0, 0.1) is 12.7 Å². The fourth-order valence-corrected chi connectivity index (χ4v) is 3.26. The highest BCUT2D eigenvalue weighted by Crippen LogP contribution is 2.33. The van der Waals surface area contributed by atoms with E-state index in [4.69, 9.17) is 11.6 Å². The summed E-state index contributed by atoms with van der Waals surface area (Å²) < 4.78 is 16.2. The van der Waals surface area contributed by atoms with Gasteiger partial charge >= 0.3 is 0 Å². The van der Waals surface area contributed by atoms with Crippen molar-refractivity contribution in [2.75, 3.05) is 0 Å². The van der Waals surface area contributed by atoms with Crippen molar-refractivity contribution in [2.24, 2.45) is 4.99 Å². The van der Waals surface area contributed by atoms with Crippen LogP contribution in [-0.4, -0.2) is 20.4 Å². The molecule has 0 fully saturated rings. The lowest BCUT2D eigenvalue weighted by molar-refractivity contribution is 0.473. The smallest absolute Gasteiger partial charge is 0.272 e. The third-order valence-corrected chi connectivity index (χ3v) is 4.76. The van der Waals surface area contributed by atoms with Crippen LogP contribution in [0.3, 0.4) is 0 Å². The van der Waals surface area contributed by atoms with Crippen molar-refractivity contribution in [3.63, 3.8) is 0 Å². The minimum Gasteiger partial charge on any atom is -0.508 e. The number of aryl methyl sites for hydroxylation is 1. The second-order valence-electron chi connectivity index (χ2n) is 5.97. The van der Waals surface area contributed by atoms with E-state index in [0.29, 0.717) is 27.8 Å². The van der Waals surface area contributed by atoms with Gasteiger partial charge < -0.3 is 9.67 Å². The van der Waals surface area contributed by atoms with E-state index < -0.39 is 5.82 Å². The summed E-state index contributed by atoms with van der Waals surface area (Å²) in [4.78, 5) is 20.1. The molecule has 2 heterocycles. The van der Waals surface area contributed by atoms with Gasteiger partial charge in [0.15, 0.2) is 0 Å². The Hall–Kier alpha value is -2.99. The first-order chi connectivity index (χ1) is 12.5. The number of phenols is 1. The number of aliphatic imine (C=N–C) groups is 1. The normalized spacial score (nSPS) is 12.8. The zero-order valence-corrected chi connectivity index (χ0v) is 14.5. The number of phenolic OH excluding ortho intramolecular Hbond substituents is 1. The zero-order chi connectivity index (χ0) is 18.4. The second-order valence-corrected chi connectivity index (χ2v) is 6.35. The topological polar surface area (TPSA) is 67.5 Å². The highest BCUT2D eigenvalue weighted by Gasteiger charge is 2.24. The van der Waals surface area contributed by atoms with Crippen LogP contribution < -0.4 is 5.56 Å². The second kappa shape index (κ2) is 6.07. The number of hydrogen-bond donors (Lipinski definition) is 1. The maximum atomic E-state index is 14.5. The molecule has 3 aromatic rings. The Bertz CT molecular complexity index is 1140. The Morgan fingerprint density at radius 3 is 2.85 bits per heavy atom. The van der Waals surface area contributed by atoms with Gasteiger partial charge in [0.2, 0.25) is 0 Å². The number of aromatic hydroxyl groups is 1. The number of fused-ring (bicyclic) bond motifs is 3. The highest BCUT2D eigenvalue weighted by atomic mass is 35.5. The maximum absolute atomic E-state index is 14.5. The van der Waals surface area contributed by atoms with Crippen LogP contribution in [-0.2, 0) is 6.54 Å². The number of nitrogens with zero attached hydrogens (tertiary/aromatic N) is 3. The number of rotatable bonds is 1. The number of aromatic nitrogens is 2. The summed E-state index contributed by atoms with van der Waals surface area (Å²) in [5.74, 6) is -0.184. The molecule has 2 aromatic carbocycles. The molecule has 130 valence electrons. The quantitative estimate of drug-likeness (QED) is 0.715. The Morgan fingerprint density at radius 2 is 2.04 bits per heavy atom. The summed E-state index contributed by atoms with van der Waals surface area (Å²) in [6, 6.07) is 8.77. The molecule has 0 bridgehead atoms. The minimum atomic E-state index is -0.529. The Kier molecular flexibility index (Phi) is 3.85. The molecule has 0 spiro atoms. The van der Waals surface area contributed by atoms with E-state index >= 15 is 0 Å². The van der Waals surface area contributed by atoms with Crippen LogP contribution in [0.25, 0.3) is 5.69 Å². The van der Waals surface area contributed by atoms with Crippen LogP contribution >= 0.6 is 11.6 Å². The number of hydrogen-bond acceptors (Lipinski definition) is 4. The average molecular weight is 370 g/mol. The molecule has 0 amide bonds. The van der Waals surface area contributed by atoms with Crippen molar-refractivity contribution in [1.82, 2.24) is 9.55 Å². The fraction of sp³-hybridized carbons (Fsp3) is 0.105. The highest BCUT2D eigenvalue weighted by molar-refractivity contribution is 6.37. The Labute approximate surface area is 153 Å². The van der Waals surface area contributed by atoms with Gasteiger partial charge in [-0.15, -0.1) is 0 Å². The summed E-state index contributed by atoms with van der Waals surface area (Å²) >= 11 is 6.56. The Morgan fingerprint density at radius 1 is 1.23 bits per heavy atom. The third-order valence-electron chi connectivity index (χ3n) is 4.28. The molecule has 0 atom stereocenters. The van der Waals surface area contributed by atoms with Crippen LogP contribution in [0.5, 0.6) is 5.75 Å². The van der Waals surface area contributed by atoms with Crippen molar-refractivity contribution in [1.29, 1.82) is 0 Å². The monoisotopic (exact) mass is 369 g/mol. The lowest BCUT2D eigenvalue weighted by Gasteiger charge is -2.16. The van der Waals surface area contributed by atoms with E-state index in [0.717, 1.165) is 5.56 Å². The summed E-state index contributed by atoms with van der Waals surface area (Å²) in [5.41, 5.74) is 2.03. The predicted molar refractivity (Wildman–Crippen MR) is 97.0 cm³/mol. The Balaban J connectivity index is 2.09. The van der Waals surface area contributed by atoms with E-state index in [1.54, 1.807) is 10.8 Å². The first-order valence-corrected chi connectivity index (χ1v) is 8.25. The van der Waals surface area contributed by atoms with Crippen molar-refractivity contribution < 1.29 is 9.50 Å². The minimum absolute atomic E-state index is 0.0740. The first kappa shape index (κ1) is 16.5. The van der Waals surface area contributed by atoms with Crippen molar-refractivity contribution in [3.8, 4) is 11.4 Å². The number of halogens is 2. The van der Waals surface area contributed by atoms with Gasteiger partial charge in [0.1, 0.15) is 17.4 Å². The number of benzene rings is 2. The molecule has 26 heavy (non-hydrogen) atoms. The van der Waals surface area contributed by atoms with E-state index in [2.05, 4.69) is 9.98 Å². The standard InChI is InChI=1S/C19H13ClFN3O2/c1-10-2-5-14-17(18(10)20)19(12-8-11(25)3-4-13(12)21)22-9-15-23-16(26)6-7-24(14)15/h2-8,25H,9H2,1H3. The van der Waals surface area contributed by atoms with Crippen molar-refractivity contribution in [2.45, 2.75) is 13.5 Å². The van der Waals surface area contributed by atoms with Gasteiger partial charge in [-0.25, -0.2) is 4.39 Å². The molecule has 5 nitrogen and oxygen atoms in total. The maximum Gasteiger partial charge on any atom is 0.272 e. The van der Waals surface area contributed by atoms with Crippen LogP contribution in [0.15, 0.2) is 52.4 Å². The molecule has 4 rings (SSSR count). The molecule has 1 aromatic heterocycles. The third kappa shape index (κ3) is 2.59. The first-order valence-electron chi connectivity index (χ1n) is 7.87. The molecule has 1 aliphatic heterocycles. The molecule has 7 heteroatoms. The van der Waals surface area contributed by atoms with Gasteiger partial charge in [-0.3, -0.25) is 9.79 Å². The van der Waals surface area contributed by atoms with Gasteiger partial charge in [-0.05, 0) is 36.8 Å². The fourth-order valence-electron chi connectivity index (χ4n) is 3.01. The molecule has 0 radical (unpaired) electrons. The van der Waals surface area contributed by atoms with E-state index in [1.807, 2.05) is 19.1 Å². The lowest BCUT2D eigenvalue weighted by atomic mass is 9.97. The van der Waals surface area contributed by atoms with Crippen molar-refractivity contribution in [3.05, 3.63) is 86.3 Å². The SMILES string of the molecule is Cc1ccc2c(c1Cl)C(c1cc(O)ccc1F)=NCc1nc(=O)ccn1-2. The van der Waals surface area contributed by atoms with Crippen LogP contribution in [0.1, 0.15) is 22.5 Å². The molecule has 0 unspecified atom stereocenters. The van der Waals surface area contributed by atoms with E-state index in [9.17, 15) is 14.3 Å². The van der Waals surface area contributed by atoms with Gasteiger partial charge in [0.05, 0.1) is 23.0 Å². The predicted octanol–water partition coefficient (Wildman–Crippen LogP) is 3.39. The molecule has 0 saturated heterocycles. The van der Waals surface area contributed by atoms with Gasteiger partial charge in [-0.1, -0.05) is 17.7 Å². The summed E-state index contributed by atoms with van der Waals surface area (Å²) in [7, 11) is 0. The molecular weight excluding hydrogens is 357 g/mol. The van der Waals surface area contributed by atoms with E-state index in [-0.39, 0.29) is 23.4 Å². The molecule has 1 aliphatic rings. The van der Waals surface area contributed by atoms with Crippen LogP contribution in [0.2, 0.25) is 5.02 Å². The summed E-state index contributed by atoms with van der Waals surface area (Å²) in [6.45, 7) is 1.92. The van der Waals surface area contributed by atoms with Crippen molar-refractivity contribution >= 4 is 17.3 Å². The lowest BCUT2D eigenvalue weighted by Crippen LogP contribution is -2.15. The molecule has 1 N–H and O–H groups in total. The molecule has 0 aliphatic carbocycles. The largest absolute Gasteiger partial charge is 0.508 e. The molecular formula is C19H13ClFN3O2. The van der Waals surface area contributed by atoms with Gasteiger partial charge in [0.25, 0.3) is 5.56 Å². The zero-order valence-electron chi connectivity index (χ0n) is 13.7. The summed E-state index contributed by atoms with van der Waals surface area (Å²) in [6.07, 6.45) is 1.60.